The Morgan fingerprint density at radius 2 is 1.46 bits per heavy atom. The SMILES string of the molecule is CC(C)CCCNC(=O)C1CCC(C)(C)CC(C)(C)N1C(=O)C1CCC(C)(C)CN1C(=O)C(C)(C)C(C)(C)N. The van der Waals surface area contributed by atoms with Crippen molar-refractivity contribution < 1.29 is 14.4 Å². The van der Waals surface area contributed by atoms with Gasteiger partial charge in [0.2, 0.25) is 17.7 Å². The van der Waals surface area contributed by atoms with Gasteiger partial charge in [-0.2, -0.15) is 0 Å². The Labute approximate surface area is 239 Å². The van der Waals surface area contributed by atoms with Crippen molar-refractivity contribution in [1.82, 2.24) is 15.1 Å². The molecule has 0 aromatic heterocycles. The number of hydrogen-bond acceptors (Lipinski definition) is 4. The van der Waals surface area contributed by atoms with E-state index in [0.717, 1.165) is 32.1 Å². The number of likely N-dealkylation sites (tertiary alicyclic amines) is 2. The van der Waals surface area contributed by atoms with Gasteiger partial charge in [-0.05, 0) is 103 Å². The largest absolute Gasteiger partial charge is 0.354 e. The Balaban J connectivity index is 2.49. The molecule has 0 radical (unpaired) electrons. The summed E-state index contributed by atoms with van der Waals surface area (Å²) < 4.78 is 0. The second-order valence-corrected chi connectivity index (χ2v) is 16.2. The quantitative estimate of drug-likeness (QED) is 0.391. The molecule has 2 rings (SSSR count). The van der Waals surface area contributed by atoms with Gasteiger partial charge >= 0.3 is 0 Å². The van der Waals surface area contributed by atoms with Crippen LogP contribution in [0.3, 0.4) is 0 Å². The fourth-order valence-corrected chi connectivity index (χ4v) is 6.56. The van der Waals surface area contributed by atoms with Crippen LogP contribution in [0.1, 0.15) is 128 Å². The number of piperidine rings is 1. The van der Waals surface area contributed by atoms with Crippen molar-refractivity contribution in [2.75, 3.05) is 13.1 Å². The molecule has 0 spiro atoms. The molecule has 226 valence electrons. The van der Waals surface area contributed by atoms with Crippen LogP contribution < -0.4 is 11.1 Å². The van der Waals surface area contributed by atoms with Crippen LogP contribution in [0.15, 0.2) is 0 Å². The topological polar surface area (TPSA) is 95.7 Å². The maximum Gasteiger partial charge on any atom is 0.246 e. The van der Waals surface area contributed by atoms with Gasteiger partial charge < -0.3 is 20.9 Å². The lowest BCUT2D eigenvalue weighted by Crippen LogP contribution is -2.67. The van der Waals surface area contributed by atoms with Gasteiger partial charge in [-0.3, -0.25) is 14.4 Å². The first kappa shape index (κ1) is 33.6. The van der Waals surface area contributed by atoms with Crippen molar-refractivity contribution in [1.29, 1.82) is 0 Å². The van der Waals surface area contributed by atoms with Gasteiger partial charge in [-0.1, -0.05) is 41.5 Å². The summed E-state index contributed by atoms with van der Waals surface area (Å²) in [5.74, 6) is 0.313. The third-order valence-corrected chi connectivity index (χ3v) is 9.53. The van der Waals surface area contributed by atoms with E-state index in [0.29, 0.717) is 31.8 Å². The second kappa shape index (κ2) is 11.7. The van der Waals surface area contributed by atoms with Crippen molar-refractivity contribution in [3.05, 3.63) is 0 Å². The minimum atomic E-state index is -0.859. The van der Waals surface area contributed by atoms with E-state index in [9.17, 15) is 14.4 Å². The summed E-state index contributed by atoms with van der Waals surface area (Å²) >= 11 is 0. The zero-order valence-electron chi connectivity index (χ0n) is 27.3. The molecule has 7 heteroatoms. The molecular formula is C32H60N4O3. The molecule has 2 aliphatic rings. The summed E-state index contributed by atoms with van der Waals surface area (Å²) in [5, 5.41) is 3.15. The normalized spacial score (nSPS) is 25.3. The van der Waals surface area contributed by atoms with Gasteiger partial charge in [0.15, 0.2) is 0 Å². The highest BCUT2D eigenvalue weighted by atomic mass is 16.2. The van der Waals surface area contributed by atoms with E-state index in [1.165, 1.54) is 0 Å². The molecular weight excluding hydrogens is 488 g/mol. The second-order valence-electron chi connectivity index (χ2n) is 16.2. The van der Waals surface area contributed by atoms with Crippen LogP contribution in [0, 0.1) is 22.2 Å². The van der Waals surface area contributed by atoms with Crippen LogP contribution in [0.2, 0.25) is 0 Å². The van der Waals surface area contributed by atoms with Gasteiger partial charge in [0.1, 0.15) is 12.1 Å². The van der Waals surface area contributed by atoms with E-state index in [1.54, 1.807) is 4.90 Å². The number of carbonyl (C=O) groups excluding carboxylic acids is 3. The molecule has 0 aromatic rings. The molecule has 2 atom stereocenters. The maximum atomic E-state index is 14.7. The highest BCUT2D eigenvalue weighted by molar-refractivity contribution is 5.94. The molecule has 2 fully saturated rings. The molecule has 0 aliphatic carbocycles. The zero-order chi connectivity index (χ0) is 30.2. The van der Waals surface area contributed by atoms with E-state index < -0.39 is 28.6 Å². The molecule has 2 heterocycles. The van der Waals surface area contributed by atoms with Crippen molar-refractivity contribution >= 4 is 17.7 Å². The number of nitrogens with two attached hydrogens (primary N) is 1. The van der Waals surface area contributed by atoms with Gasteiger partial charge in [0.05, 0.1) is 5.41 Å². The van der Waals surface area contributed by atoms with Gasteiger partial charge in [-0.25, -0.2) is 0 Å². The molecule has 0 saturated carbocycles. The van der Waals surface area contributed by atoms with Crippen LogP contribution in [0.4, 0.5) is 0 Å². The Hall–Kier alpha value is -1.63. The van der Waals surface area contributed by atoms with Crippen LogP contribution in [-0.4, -0.2) is 63.8 Å². The van der Waals surface area contributed by atoms with Crippen molar-refractivity contribution in [3.63, 3.8) is 0 Å². The fraction of sp³-hybridized carbons (Fsp3) is 0.906. The Bertz CT molecular complexity index is 898. The summed E-state index contributed by atoms with van der Waals surface area (Å²) in [7, 11) is 0. The van der Waals surface area contributed by atoms with Gasteiger partial charge in [0.25, 0.3) is 0 Å². The number of carbonyl (C=O) groups is 3. The average molecular weight is 549 g/mol. The molecule has 7 nitrogen and oxygen atoms in total. The standard InChI is InChI=1S/C32H60N4O3/c1-22(2)14-13-19-34-25(37)23-15-17-28(3,4)20-30(7,8)36(23)26(38)24-16-18-29(5,6)21-35(24)27(39)31(9,10)32(11,12)33/h22-24H,13-21,33H2,1-12H3,(H,34,37). The molecule has 0 aromatic carbocycles. The maximum absolute atomic E-state index is 14.7. The first-order valence-electron chi connectivity index (χ1n) is 15.2. The number of hydrogen-bond donors (Lipinski definition) is 2. The van der Waals surface area contributed by atoms with Gasteiger partial charge in [-0.15, -0.1) is 0 Å². The lowest BCUT2D eigenvalue weighted by molar-refractivity contribution is -0.164. The Kier molecular flexibility index (Phi) is 10.1. The predicted octanol–water partition coefficient (Wildman–Crippen LogP) is 5.51. The summed E-state index contributed by atoms with van der Waals surface area (Å²) in [5.41, 5.74) is 4.21. The van der Waals surface area contributed by atoms with Crippen LogP contribution >= 0.6 is 0 Å². The lowest BCUT2D eigenvalue weighted by atomic mass is 9.72. The molecule has 39 heavy (non-hydrogen) atoms. The Morgan fingerprint density at radius 3 is 2.00 bits per heavy atom. The first-order valence-corrected chi connectivity index (χ1v) is 15.2. The summed E-state index contributed by atoms with van der Waals surface area (Å²) in [6.07, 6.45) is 5.65. The third-order valence-electron chi connectivity index (χ3n) is 9.53. The number of nitrogens with zero attached hydrogens (tertiary/aromatic N) is 2. The number of rotatable bonds is 8. The molecule has 2 saturated heterocycles. The summed E-state index contributed by atoms with van der Waals surface area (Å²) in [4.78, 5) is 46.2. The third kappa shape index (κ3) is 7.98. The fourth-order valence-electron chi connectivity index (χ4n) is 6.56. The van der Waals surface area contributed by atoms with Crippen LogP contribution in [0.5, 0.6) is 0 Å². The molecule has 2 aliphatic heterocycles. The monoisotopic (exact) mass is 548 g/mol. The lowest BCUT2D eigenvalue weighted by Gasteiger charge is -2.51. The minimum Gasteiger partial charge on any atom is -0.354 e. The van der Waals surface area contributed by atoms with Crippen molar-refractivity contribution in [3.8, 4) is 0 Å². The van der Waals surface area contributed by atoms with E-state index >= 15 is 0 Å². The highest BCUT2D eigenvalue weighted by Gasteiger charge is 2.52. The van der Waals surface area contributed by atoms with Crippen molar-refractivity contribution in [2.24, 2.45) is 27.9 Å². The van der Waals surface area contributed by atoms with Crippen molar-refractivity contribution in [2.45, 2.75) is 151 Å². The van der Waals surface area contributed by atoms with Gasteiger partial charge in [0, 0.05) is 24.2 Å². The average Bonchev–Trinajstić information content (AvgIpc) is 2.85. The van der Waals surface area contributed by atoms with Crippen LogP contribution in [-0.2, 0) is 14.4 Å². The van der Waals surface area contributed by atoms with E-state index in [-0.39, 0.29) is 28.6 Å². The molecule has 2 unspecified atom stereocenters. The Morgan fingerprint density at radius 1 is 0.923 bits per heavy atom. The van der Waals surface area contributed by atoms with Crippen LogP contribution in [0.25, 0.3) is 0 Å². The van der Waals surface area contributed by atoms with E-state index in [4.69, 9.17) is 5.73 Å². The minimum absolute atomic E-state index is 0.00959. The summed E-state index contributed by atoms with van der Waals surface area (Å²) in [6.45, 7) is 25.9. The van der Waals surface area contributed by atoms with E-state index in [1.807, 2.05) is 32.6 Å². The molecule has 3 N–H and O–H groups in total. The molecule has 0 bridgehead atoms. The highest BCUT2D eigenvalue weighted by Crippen LogP contribution is 2.44. The number of amides is 3. The smallest absolute Gasteiger partial charge is 0.246 e. The van der Waals surface area contributed by atoms with E-state index in [2.05, 4.69) is 60.7 Å². The first-order chi connectivity index (χ1) is 17.5. The number of nitrogens with one attached hydrogen (secondary N) is 1. The summed E-state index contributed by atoms with van der Waals surface area (Å²) in [6, 6.07) is -1.16. The predicted molar refractivity (Wildman–Crippen MR) is 160 cm³/mol. The molecule has 3 amide bonds. The zero-order valence-corrected chi connectivity index (χ0v) is 27.3.